The average molecular weight is 453 g/mol. The first kappa shape index (κ1) is 23.1. The number of para-hydroxylation sites is 2. The topological polar surface area (TPSA) is 84.7 Å². The van der Waals surface area contributed by atoms with Gasteiger partial charge in [0.05, 0.1) is 18.5 Å². The van der Waals surface area contributed by atoms with Crippen LogP contribution in [0.4, 0.5) is 5.69 Å². The largest absolute Gasteiger partial charge is 0.492 e. The number of aromatic nitrogens is 1. The zero-order chi connectivity index (χ0) is 23.3. The number of anilines is 1. The van der Waals surface area contributed by atoms with Gasteiger partial charge in [0, 0.05) is 27.7 Å². The van der Waals surface area contributed by atoms with Crippen molar-refractivity contribution in [3.8, 4) is 11.4 Å². The lowest BCUT2D eigenvalue weighted by atomic mass is 10.2. The molecule has 0 bridgehead atoms. The van der Waals surface area contributed by atoms with Crippen molar-refractivity contribution in [2.24, 2.45) is 5.10 Å². The van der Waals surface area contributed by atoms with E-state index in [4.69, 9.17) is 16.3 Å². The summed E-state index contributed by atoms with van der Waals surface area (Å²) in [6, 6.07) is 14.7. The van der Waals surface area contributed by atoms with Crippen molar-refractivity contribution in [3.63, 3.8) is 0 Å². The van der Waals surface area contributed by atoms with E-state index >= 15 is 0 Å². The fourth-order valence-corrected chi connectivity index (χ4v) is 3.45. The van der Waals surface area contributed by atoms with Crippen molar-refractivity contribution < 1.29 is 14.3 Å². The second-order valence-electron chi connectivity index (χ2n) is 7.18. The number of hydrogen-bond donors (Lipinski definition) is 2. The van der Waals surface area contributed by atoms with Crippen LogP contribution in [0.2, 0.25) is 5.02 Å². The maximum atomic E-state index is 12.2. The van der Waals surface area contributed by atoms with E-state index in [1.165, 1.54) is 6.21 Å². The Morgan fingerprint density at radius 2 is 1.84 bits per heavy atom. The Morgan fingerprint density at radius 1 is 1.09 bits per heavy atom. The fourth-order valence-electron chi connectivity index (χ4n) is 3.28. The Kier molecular flexibility index (Phi) is 7.33. The number of rotatable bonds is 6. The molecule has 0 spiro atoms. The lowest BCUT2D eigenvalue weighted by Gasteiger charge is -2.11. The second kappa shape index (κ2) is 10.2. The Morgan fingerprint density at radius 3 is 2.56 bits per heavy atom. The fraction of sp³-hybridized carbons (Fsp3) is 0.208. The summed E-state index contributed by atoms with van der Waals surface area (Å²) in [5.74, 6) is -1.23. The van der Waals surface area contributed by atoms with Crippen LogP contribution in [0.1, 0.15) is 29.4 Å². The number of halogens is 1. The van der Waals surface area contributed by atoms with Crippen LogP contribution < -0.4 is 15.5 Å². The third kappa shape index (κ3) is 5.18. The lowest BCUT2D eigenvalue weighted by molar-refractivity contribution is -0.136. The van der Waals surface area contributed by atoms with Crippen molar-refractivity contribution in [3.05, 3.63) is 76.1 Å². The first-order chi connectivity index (χ1) is 15.3. The van der Waals surface area contributed by atoms with Crippen molar-refractivity contribution in [2.75, 3.05) is 11.9 Å². The van der Waals surface area contributed by atoms with Crippen molar-refractivity contribution in [1.29, 1.82) is 0 Å². The molecular formula is C24H25ClN4O3. The molecule has 32 heavy (non-hydrogen) atoms. The average Bonchev–Trinajstić information content (AvgIpc) is 3.04. The first-order valence-electron chi connectivity index (χ1n) is 10.1. The number of nitrogens with zero attached hydrogens (tertiary/aromatic N) is 2. The van der Waals surface area contributed by atoms with E-state index in [1.807, 2.05) is 56.5 Å². The standard InChI is InChI=1S/C24H25ClN4O3/c1-5-32-22-9-7-6-8-21(22)27-23(30)24(31)28-26-14-18-12-16(3)29(17(18)4)19-11-10-15(2)20(25)13-19/h6-14H,5H2,1-4H3,(H,27,30)(H,28,31)/b26-14-. The molecule has 0 saturated heterocycles. The van der Waals surface area contributed by atoms with Gasteiger partial charge in [0.15, 0.2) is 0 Å². The van der Waals surface area contributed by atoms with Crippen LogP contribution in [0.15, 0.2) is 53.6 Å². The van der Waals surface area contributed by atoms with Gasteiger partial charge in [-0.25, -0.2) is 5.43 Å². The highest BCUT2D eigenvalue weighted by Gasteiger charge is 2.15. The number of nitrogens with one attached hydrogen (secondary N) is 2. The molecule has 1 aromatic heterocycles. The molecule has 0 unspecified atom stereocenters. The van der Waals surface area contributed by atoms with E-state index in [1.54, 1.807) is 24.3 Å². The smallest absolute Gasteiger partial charge is 0.329 e. The van der Waals surface area contributed by atoms with Gasteiger partial charge in [0.2, 0.25) is 0 Å². The SMILES string of the molecule is CCOc1ccccc1NC(=O)C(=O)N/N=C\c1cc(C)n(-c2ccc(C)c(Cl)c2)c1C. The first-order valence-corrected chi connectivity index (χ1v) is 10.5. The van der Waals surface area contributed by atoms with Crippen LogP contribution in [-0.2, 0) is 9.59 Å². The zero-order valence-electron chi connectivity index (χ0n) is 18.4. The van der Waals surface area contributed by atoms with Crippen LogP contribution >= 0.6 is 11.6 Å². The number of amides is 2. The van der Waals surface area contributed by atoms with Gasteiger partial charge in [0.25, 0.3) is 0 Å². The highest BCUT2D eigenvalue weighted by atomic mass is 35.5. The molecule has 0 fully saturated rings. The molecule has 1 heterocycles. The van der Waals surface area contributed by atoms with Gasteiger partial charge < -0.3 is 14.6 Å². The number of aryl methyl sites for hydroxylation is 2. The molecule has 0 aliphatic carbocycles. The number of carbonyl (C=O) groups excluding carboxylic acids is 2. The monoisotopic (exact) mass is 452 g/mol. The Hall–Kier alpha value is -3.58. The predicted molar refractivity (Wildman–Crippen MR) is 127 cm³/mol. The van der Waals surface area contributed by atoms with Crippen LogP contribution in [0, 0.1) is 20.8 Å². The van der Waals surface area contributed by atoms with Gasteiger partial charge in [0.1, 0.15) is 5.75 Å². The molecule has 0 aliphatic heterocycles. The van der Waals surface area contributed by atoms with Crippen molar-refractivity contribution in [1.82, 2.24) is 9.99 Å². The summed E-state index contributed by atoms with van der Waals surface area (Å²) in [5.41, 5.74) is 7.34. The number of hydrazone groups is 1. The predicted octanol–water partition coefficient (Wildman–Crippen LogP) is 4.54. The minimum atomic E-state index is -0.883. The third-order valence-corrected chi connectivity index (χ3v) is 5.30. The summed E-state index contributed by atoms with van der Waals surface area (Å²) < 4.78 is 7.49. The summed E-state index contributed by atoms with van der Waals surface area (Å²) in [7, 11) is 0. The van der Waals surface area contributed by atoms with Gasteiger partial charge in [-0.1, -0.05) is 29.8 Å². The molecule has 7 nitrogen and oxygen atoms in total. The van der Waals surface area contributed by atoms with E-state index in [2.05, 4.69) is 15.8 Å². The van der Waals surface area contributed by atoms with Crippen molar-refractivity contribution >= 4 is 35.3 Å². The maximum Gasteiger partial charge on any atom is 0.329 e. The molecule has 2 amide bonds. The van der Waals surface area contributed by atoms with E-state index in [0.717, 1.165) is 28.2 Å². The molecule has 0 radical (unpaired) electrons. The number of benzene rings is 2. The summed E-state index contributed by atoms with van der Waals surface area (Å²) in [6.45, 7) is 8.15. The molecule has 166 valence electrons. The van der Waals surface area contributed by atoms with Gasteiger partial charge in [-0.05, 0) is 63.6 Å². The van der Waals surface area contributed by atoms with E-state index < -0.39 is 11.8 Å². The quantitative estimate of drug-likeness (QED) is 0.327. The summed E-state index contributed by atoms with van der Waals surface area (Å²) in [6.07, 6.45) is 1.51. The van der Waals surface area contributed by atoms with Gasteiger partial charge in [-0.2, -0.15) is 5.10 Å². The Bertz CT molecular complexity index is 1180. The second-order valence-corrected chi connectivity index (χ2v) is 7.58. The minimum Gasteiger partial charge on any atom is -0.492 e. The maximum absolute atomic E-state index is 12.2. The number of carbonyl (C=O) groups is 2. The third-order valence-electron chi connectivity index (χ3n) is 4.89. The minimum absolute atomic E-state index is 0.416. The molecule has 0 aliphatic rings. The van der Waals surface area contributed by atoms with E-state index in [0.29, 0.717) is 23.1 Å². The highest BCUT2D eigenvalue weighted by molar-refractivity contribution is 6.39. The highest BCUT2D eigenvalue weighted by Crippen LogP contribution is 2.25. The van der Waals surface area contributed by atoms with Crippen LogP contribution in [0.25, 0.3) is 5.69 Å². The van der Waals surface area contributed by atoms with E-state index in [-0.39, 0.29) is 0 Å². The molecule has 0 saturated carbocycles. The van der Waals surface area contributed by atoms with Crippen LogP contribution in [-0.4, -0.2) is 29.2 Å². The van der Waals surface area contributed by atoms with Gasteiger partial charge >= 0.3 is 11.8 Å². The molecular weight excluding hydrogens is 428 g/mol. The Balaban J connectivity index is 1.69. The van der Waals surface area contributed by atoms with Gasteiger partial charge in [-0.3, -0.25) is 9.59 Å². The molecule has 0 atom stereocenters. The molecule has 3 rings (SSSR count). The molecule has 2 aromatic carbocycles. The zero-order valence-corrected chi connectivity index (χ0v) is 19.2. The van der Waals surface area contributed by atoms with Crippen LogP contribution in [0.3, 0.4) is 0 Å². The normalized spacial score (nSPS) is 10.9. The molecule has 8 heteroatoms. The lowest BCUT2D eigenvalue weighted by Crippen LogP contribution is -2.32. The summed E-state index contributed by atoms with van der Waals surface area (Å²) in [5, 5.41) is 7.17. The van der Waals surface area contributed by atoms with Gasteiger partial charge in [-0.15, -0.1) is 0 Å². The number of hydrogen-bond acceptors (Lipinski definition) is 4. The van der Waals surface area contributed by atoms with Crippen LogP contribution in [0.5, 0.6) is 5.75 Å². The molecule has 2 N–H and O–H groups in total. The number of ether oxygens (including phenoxy) is 1. The van der Waals surface area contributed by atoms with Crippen molar-refractivity contribution in [2.45, 2.75) is 27.7 Å². The van der Waals surface area contributed by atoms with E-state index in [9.17, 15) is 9.59 Å². The summed E-state index contributed by atoms with van der Waals surface area (Å²) in [4.78, 5) is 24.4. The summed E-state index contributed by atoms with van der Waals surface area (Å²) >= 11 is 6.28. The molecule has 3 aromatic rings. The Labute approximate surface area is 192 Å².